The lowest BCUT2D eigenvalue weighted by Gasteiger charge is -2.05. The van der Waals surface area contributed by atoms with Crippen LogP contribution in [0, 0.1) is 5.82 Å². The third kappa shape index (κ3) is 3.75. The van der Waals surface area contributed by atoms with Crippen LogP contribution in [0.5, 0.6) is 5.75 Å². The zero-order valence-electron chi connectivity index (χ0n) is 12.8. The average molecular weight is 343 g/mol. The van der Waals surface area contributed by atoms with Gasteiger partial charge in [-0.2, -0.15) is 0 Å². The number of ether oxygens (including phenoxy) is 1. The van der Waals surface area contributed by atoms with E-state index in [0.717, 1.165) is 16.3 Å². The number of halogens is 1. The first-order valence-electron chi connectivity index (χ1n) is 7.17. The number of para-hydroxylation sites is 1. The van der Waals surface area contributed by atoms with Crippen LogP contribution in [0.2, 0.25) is 0 Å². The second-order valence-electron chi connectivity index (χ2n) is 4.95. The molecule has 0 aliphatic heterocycles. The van der Waals surface area contributed by atoms with E-state index in [4.69, 9.17) is 4.74 Å². The van der Waals surface area contributed by atoms with Crippen molar-refractivity contribution in [2.75, 3.05) is 12.4 Å². The van der Waals surface area contributed by atoms with E-state index in [2.05, 4.69) is 15.5 Å². The van der Waals surface area contributed by atoms with Gasteiger partial charge in [0.1, 0.15) is 16.6 Å². The molecule has 1 N–H and O–H groups in total. The SMILES string of the molecule is COc1ccccc1Cc1nnc(NC(=O)c2ccc(F)cc2)s1. The van der Waals surface area contributed by atoms with Crippen molar-refractivity contribution in [3.05, 3.63) is 70.5 Å². The number of aromatic nitrogens is 2. The van der Waals surface area contributed by atoms with E-state index in [1.807, 2.05) is 24.3 Å². The molecule has 1 heterocycles. The maximum absolute atomic E-state index is 12.9. The highest BCUT2D eigenvalue weighted by Crippen LogP contribution is 2.24. The lowest BCUT2D eigenvalue weighted by atomic mass is 10.1. The van der Waals surface area contributed by atoms with Crippen LogP contribution in [0.4, 0.5) is 9.52 Å². The van der Waals surface area contributed by atoms with E-state index >= 15 is 0 Å². The molecule has 24 heavy (non-hydrogen) atoms. The Morgan fingerprint density at radius 2 is 1.92 bits per heavy atom. The summed E-state index contributed by atoms with van der Waals surface area (Å²) in [5.74, 6) is 0.0427. The number of hydrogen-bond acceptors (Lipinski definition) is 5. The largest absolute Gasteiger partial charge is 0.496 e. The summed E-state index contributed by atoms with van der Waals surface area (Å²) in [6.45, 7) is 0. The molecule has 2 aromatic carbocycles. The van der Waals surface area contributed by atoms with Crippen LogP contribution >= 0.6 is 11.3 Å². The lowest BCUT2D eigenvalue weighted by Crippen LogP contribution is -2.11. The van der Waals surface area contributed by atoms with Crippen molar-refractivity contribution >= 4 is 22.4 Å². The molecule has 0 aliphatic rings. The van der Waals surface area contributed by atoms with Crippen molar-refractivity contribution in [1.29, 1.82) is 0 Å². The Balaban J connectivity index is 1.69. The molecule has 1 amide bonds. The molecule has 1 aromatic heterocycles. The first kappa shape index (κ1) is 16.1. The van der Waals surface area contributed by atoms with Gasteiger partial charge < -0.3 is 4.74 Å². The van der Waals surface area contributed by atoms with Crippen molar-refractivity contribution < 1.29 is 13.9 Å². The topological polar surface area (TPSA) is 64.1 Å². The Kier molecular flexibility index (Phi) is 4.81. The van der Waals surface area contributed by atoms with E-state index in [9.17, 15) is 9.18 Å². The summed E-state index contributed by atoms with van der Waals surface area (Å²) >= 11 is 1.29. The predicted molar refractivity (Wildman–Crippen MR) is 90.1 cm³/mol. The molecule has 0 saturated heterocycles. The monoisotopic (exact) mass is 343 g/mol. The number of carbonyl (C=O) groups excluding carboxylic acids is 1. The van der Waals surface area contributed by atoms with Gasteiger partial charge in [0.05, 0.1) is 7.11 Å². The summed E-state index contributed by atoms with van der Waals surface area (Å²) in [6.07, 6.45) is 0.564. The van der Waals surface area contributed by atoms with Crippen LogP contribution in [0.1, 0.15) is 20.9 Å². The molecule has 3 rings (SSSR count). The molecular formula is C17H14FN3O2S. The van der Waals surface area contributed by atoms with E-state index in [1.165, 1.54) is 35.6 Å². The van der Waals surface area contributed by atoms with Crippen molar-refractivity contribution in [2.45, 2.75) is 6.42 Å². The zero-order valence-corrected chi connectivity index (χ0v) is 13.6. The quantitative estimate of drug-likeness (QED) is 0.770. The number of hydrogen-bond donors (Lipinski definition) is 1. The van der Waals surface area contributed by atoms with Gasteiger partial charge in [-0.1, -0.05) is 29.5 Å². The first-order valence-corrected chi connectivity index (χ1v) is 7.98. The van der Waals surface area contributed by atoms with Gasteiger partial charge in [-0.05, 0) is 30.3 Å². The molecule has 5 nitrogen and oxygen atoms in total. The van der Waals surface area contributed by atoms with Crippen molar-refractivity contribution in [2.24, 2.45) is 0 Å². The third-order valence-electron chi connectivity index (χ3n) is 3.33. The normalized spacial score (nSPS) is 10.4. The molecule has 0 bridgehead atoms. The van der Waals surface area contributed by atoms with Crippen LogP contribution in [0.3, 0.4) is 0 Å². The van der Waals surface area contributed by atoms with Crippen LogP contribution in [0.25, 0.3) is 0 Å². The number of carbonyl (C=O) groups is 1. The smallest absolute Gasteiger partial charge is 0.257 e. The fourth-order valence-corrected chi connectivity index (χ4v) is 2.92. The van der Waals surface area contributed by atoms with Crippen LogP contribution in [-0.2, 0) is 6.42 Å². The van der Waals surface area contributed by atoms with Gasteiger partial charge in [-0.25, -0.2) is 4.39 Å². The highest BCUT2D eigenvalue weighted by atomic mass is 32.1. The molecule has 0 spiro atoms. The number of benzene rings is 2. The first-order chi connectivity index (χ1) is 11.7. The fourth-order valence-electron chi connectivity index (χ4n) is 2.16. The fraction of sp³-hybridized carbons (Fsp3) is 0.118. The summed E-state index contributed by atoms with van der Waals surface area (Å²) in [5.41, 5.74) is 1.35. The maximum Gasteiger partial charge on any atom is 0.257 e. The number of methoxy groups -OCH3 is 1. The number of rotatable bonds is 5. The summed E-state index contributed by atoms with van der Waals surface area (Å²) in [7, 11) is 1.62. The van der Waals surface area contributed by atoms with Crippen LogP contribution in [0.15, 0.2) is 48.5 Å². The molecule has 0 fully saturated rings. The highest BCUT2D eigenvalue weighted by molar-refractivity contribution is 7.15. The van der Waals surface area contributed by atoms with Crippen LogP contribution < -0.4 is 10.1 Å². The number of amides is 1. The summed E-state index contributed by atoms with van der Waals surface area (Å²) < 4.78 is 18.2. The zero-order chi connectivity index (χ0) is 16.9. The molecular weight excluding hydrogens is 329 g/mol. The Hall–Kier alpha value is -2.80. The van der Waals surface area contributed by atoms with E-state index in [0.29, 0.717) is 17.1 Å². The Morgan fingerprint density at radius 1 is 1.17 bits per heavy atom. The molecule has 122 valence electrons. The van der Waals surface area contributed by atoms with Gasteiger partial charge in [0.25, 0.3) is 5.91 Å². The Morgan fingerprint density at radius 3 is 2.67 bits per heavy atom. The molecule has 7 heteroatoms. The van der Waals surface area contributed by atoms with E-state index in [-0.39, 0.29) is 11.7 Å². The van der Waals surface area contributed by atoms with Gasteiger partial charge in [-0.15, -0.1) is 10.2 Å². The molecule has 0 radical (unpaired) electrons. The van der Waals surface area contributed by atoms with Crippen molar-refractivity contribution in [3.63, 3.8) is 0 Å². The highest BCUT2D eigenvalue weighted by Gasteiger charge is 2.12. The minimum Gasteiger partial charge on any atom is -0.496 e. The van der Waals surface area contributed by atoms with Gasteiger partial charge in [-0.3, -0.25) is 10.1 Å². The standard InChI is InChI=1S/C17H14FN3O2S/c1-23-14-5-3-2-4-12(14)10-15-20-21-17(24-15)19-16(22)11-6-8-13(18)9-7-11/h2-9H,10H2,1H3,(H,19,21,22). The third-order valence-corrected chi connectivity index (χ3v) is 4.17. The second kappa shape index (κ2) is 7.18. The second-order valence-corrected chi connectivity index (χ2v) is 6.01. The number of nitrogens with zero attached hydrogens (tertiary/aromatic N) is 2. The number of anilines is 1. The van der Waals surface area contributed by atoms with E-state index < -0.39 is 0 Å². The Bertz CT molecular complexity index is 849. The van der Waals surface area contributed by atoms with E-state index in [1.54, 1.807) is 7.11 Å². The molecule has 3 aromatic rings. The minimum absolute atomic E-state index is 0.352. The van der Waals surface area contributed by atoms with Gasteiger partial charge in [0, 0.05) is 17.5 Å². The van der Waals surface area contributed by atoms with Gasteiger partial charge >= 0.3 is 0 Å². The van der Waals surface area contributed by atoms with Crippen molar-refractivity contribution in [3.8, 4) is 5.75 Å². The van der Waals surface area contributed by atoms with Gasteiger partial charge in [0.2, 0.25) is 5.13 Å². The van der Waals surface area contributed by atoms with Gasteiger partial charge in [0.15, 0.2) is 0 Å². The molecule has 0 atom stereocenters. The predicted octanol–water partition coefficient (Wildman–Crippen LogP) is 3.53. The molecule has 0 aliphatic carbocycles. The number of nitrogens with one attached hydrogen (secondary N) is 1. The summed E-state index contributed by atoms with van der Waals surface area (Å²) in [4.78, 5) is 12.1. The van der Waals surface area contributed by atoms with Crippen molar-refractivity contribution in [1.82, 2.24) is 10.2 Å². The summed E-state index contributed by atoms with van der Waals surface area (Å²) in [6, 6.07) is 13.0. The van der Waals surface area contributed by atoms with Crippen LogP contribution in [-0.4, -0.2) is 23.2 Å². The molecule has 0 unspecified atom stereocenters. The average Bonchev–Trinajstić information content (AvgIpc) is 3.03. The minimum atomic E-state index is -0.387. The maximum atomic E-state index is 12.9. The Labute approximate surface area is 142 Å². The lowest BCUT2D eigenvalue weighted by molar-refractivity contribution is 0.102. The summed E-state index contributed by atoms with van der Waals surface area (Å²) in [5, 5.41) is 11.9. The molecule has 0 saturated carbocycles.